The Labute approximate surface area is 66.3 Å². The van der Waals surface area contributed by atoms with Gasteiger partial charge in [-0.3, -0.25) is 4.79 Å². The van der Waals surface area contributed by atoms with Gasteiger partial charge in [-0.25, -0.2) is 0 Å². The van der Waals surface area contributed by atoms with Crippen molar-refractivity contribution < 1.29 is 14.3 Å². The van der Waals surface area contributed by atoms with Gasteiger partial charge in [0.2, 0.25) is 0 Å². The van der Waals surface area contributed by atoms with Crippen LogP contribution >= 0.6 is 0 Å². The third-order valence-corrected chi connectivity index (χ3v) is 0.981. The largest absolute Gasteiger partial charge is 0.474 e. The van der Waals surface area contributed by atoms with Crippen LogP contribution in [0.3, 0.4) is 0 Å². The van der Waals surface area contributed by atoms with Gasteiger partial charge in [-0.1, -0.05) is 13.2 Å². The van der Waals surface area contributed by atoms with Crippen LogP contribution in [0.5, 0.6) is 0 Å². The van der Waals surface area contributed by atoms with Gasteiger partial charge in [-0.15, -0.1) is 0 Å². The number of hydrogen-bond donors (Lipinski definition) is 0. The van der Waals surface area contributed by atoms with E-state index < -0.39 is 0 Å². The first kappa shape index (κ1) is 9.75. The molecule has 0 aliphatic carbocycles. The van der Waals surface area contributed by atoms with Gasteiger partial charge in [-0.2, -0.15) is 0 Å². The molecule has 0 atom stereocenters. The fourth-order valence-electron chi connectivity index (χ4n) is 0.543. The lowest BCUT2D eigenvalue weighted by molar-refractivity contribution is -0.137. The summed E-state index contributed by atoms with van der Waals surface area (Å²) in [5.41, 5.74) is 0. The van der Waals surface area contributed by atoms with Crippen molar-refractivity contribution in [1.29, 1.82) is 0 Å². The van der Waals surface area contributed by atoms with E-state index in [9.17, 15) is 4.79 Å². The SMILES string of the molecule is C=COC=C.O=C1CCCO1. The Kier molecular flexibility index (Phi) is 6.08. The van der Waals surface area contributed by atoms with E-state index in [0.29, 0.717) is 13.0 Å². The summed E-state index contributed by atoms with van der Waals surface area (Å²) in [5, 5.41) is 0. The van der Waals surface area contributed by atoms with Gasteiger partial charge in [0.05, 0.1) is 19.1 Å². The predicted octanol–water partition coefficient (Wildman–Crippen LogP) is 1.61. The van der Waals surface area contributed by atoms with Crippen LogP contribution in [0.2, 0.25) is 0 Å². The van der Waals surface area contributed by atoms with Gasteiger partial charge in [0.25, 0.3) is 0 Å². The molecule has 0 unspecified atom stereocenters. The predicted molar refractivity (Wildman–Crippen MR) is 41.7 cm³/mol. The number of ether oxygens (including phenoxy) is 2. The van der Waals surface area contributed by atoms with Crippen molar-refractivity contribution in [1.82, 2.24) is 0 Å². The van der Waals surface area contributed by atoms with E-state index in [1.807, 2.05) is 0 Å². The first-order valence-corrected chi connectivity index (χ1v) is 3.34. The van der Waals surface area contributed by atoms with E-state index in [1.54, 1.807) is 0 Å². The number of cyclic esters (lactones) is 1. The van der Waals surface area contributed by atoms with Gasteiger partial charge >= 0.3 is 5.97 Å². The topological polar surface area (TPSA) is 35.5 Å². The van der Waals surface area contributed by atoms with Crippen LogP contribution in [0.25, 0.3) is 0 Å². The normalized spacial score (nSPS) is 14.0. The summed E-state index contributed by atoms with van der Waals surface area (Å²) in [6.45, 7) is 7.15. The third-order valence-electron chi connectivity index (χ3n) is 0.981. The fraction of sp³-hybridized carbons (Fsp3) is 0.375. The van der Waals surface area contributed by atoms with E-state index in [0.717, 1.165) is 6.42 Å². The maximum atomic E-state index is 10.0. The minimum atomic E-state index is -0.0463. The molecule has 3 heteroatoms. The molecule has 0 N–H and O–H groups in total. The first-order valence-electron chi connectivity index (χ1n) is 3.34. The minimum Gasteiger partial charge on any atom is -0.474 e. The highest BCUT2D eigenvalue weighted by Gasteiger charge is 2.08. The summed E-state index contributed by atoms with van der Waals surface area (Å²) < 4.78 is 8.88. The number of esters is 1. The Morgan fingerprint density at radius 1 is 1.45 bits per heavy atom. The Bertz CT molecular complexity index is 126. The number of hydrogen-bond acceptors (Lipinski definition) is 3. The van der Waals surface area contributed by atoms with E-state index in [-0.39, 0.29) is 5.97 Å². The molecule has 0 spiro atoms. The summed E-state index contributed by atoms with van der Waals surface area (Å²) >= 11 is 0. The van der Waals surface area contributed by atoms with Crippen molar-refractivity contribution in [3.05, 3.63) is 25.7 Å². The number of carbonyl (C=O) groups excluding carboxylic acids is 1. The molecule has 1 saturated heterocycles. The van der Waals surface area contributed by atoms with Crippen molar-refractivity contribution in [3.8, 4) is 0 Å². The van der Waals surface area contributed by atoms with Crippen LogP contribution in [-0.4, -0.2) is 12.6 Å². The summed E-state index contributed by atoms with van der Waals surface area (Å²) in [5.74, 6) is -0.0463. The van der Waals surface area contributed by atoms with Crippen molar-refractivity contribution in [2.75, 3.05) is 6.61 Å². The maximum Gasteiger partial charge on any atom is 0.305 e. The lowest BCUT2D eigenvalue weighted by Crippen LogP contribution is -1.88. The third kappa shape index (κ3) is 6.64. The molecular weight excluding hydrogens is 144 g/mol. The van der Waals surface area contributed by atoms with Crippen molar-refractivity contribution in [2.24, 2.45) is 0 Å². The molecule has 1 rings (SSSR count). The summed E-state index contributed by atoms with van der Waals surface area (Å²) in [4.78, 5) is 10.0. The Balaban J connectivity index is 0.000000187. The fourth-order valence-corrected chi connectivity index (χ4v) is 0.543. The lowest BCUT2D eigenvalue weighted by atomic mass is 10.4. The molecule has 62 valence electrons. The molecule has 1 fully saturated rings. The van der Waals surface area contributed by atoms with Crippen LogP contribution in [0.15, 0.2) is 25.7 Å². The van der Waals surface area contributed by atoms with Crippen molar-refractivity contribution >= 4 is 5.97 Å². The standard InChI is InChI=1S/C4H6O2.C4H6O/c5-4-2-1-3-6-4;1-3-5-4-2/h1-3H2;3-4H,1-2H2. The second-order valence-electron chi connectivity index (χ2n) is 1.79. The molecule has 0 aromatic heterocycles. The van der Waals surface area contributed by atoms with Gasteiger partial charge < -0.3 is 9.47 Å². The molecule has 0 bridgehead atoms. The van der Waals surface area contributed by atoms with Crippen LogP contribution in [-0.2, 0) is 14.3 Å². The molecular formula is C8H12O3. The minimum absolute atomic E-state index is 0.0463. The molecule has 1 heterocycles. The molecule has 11 heavy (non-hydrogen) atoms. The average Bonchev–Trinajstić information content (AvgIpc) is 2.43. The molecule has 0 aromatic rings. The smallest absolute Gasteiger partial charge is 0.305 e. The monoisotopic (exact) mass is 156 g/mol. The van der Waals surface area contributed by atoms with Gasteiger partial charge in [-0.05, 0) is 6.42 Å². The molecule has 0 saturated carbocycles. The molecule has 0 radical (unpaired) electrons. The van der Waals surface area contributed by atoms with Crippen LogP contribution in [0.4, 0.5) is 0 Å². The molecule has 1 aliphatic rings. The van der Waals surface area contributed by atoms with Gasteiger partial charge in [0, 0.05) is 6.42 Å². The average molecular weight is 156 g/mol. The zero-order valence-electron chi connectivity index (χ0n) is 6.41. The van der Waals surface area contributed by atoms with Crippen LogP contribution < -0.4 is 0 Å². The van der Waals surface area contributed by atoms with E-state index >= 15 is 0 Å². The van der Waals surface area contributed by atoms with E-state index in [1.165, 1.54) is 12.5 Å². The lowest BCUT2D eigenvalue weighted by Gasteiger charge is -1.81. The summed E-state index contributed by atoms with van der Waals surface area (Å²) in [6, 6.07) is 0. The first-order chi connectivity index (χ1) is 5.31. The maximum absolute atomic E-state index is 10.0. The number of rotatable bonds is 2. The number of carbonyl (C=O) groups is 1. The van der Waals surface area contributed by atoms with Crippen LogP contribution in [0.1, 0.15) is 12.8 Å². The Morgan fingerprint density at radius 2 is 2.09 bits per heavy atom. The Morgan fingerprint density at radius 3 is 2.18 bits per heavy atom. The molecule has 0 amide bonds. The quantitative estimate of drug-likeness (QED) is 0.450. The zero-order valence-corrected chi connectivity index (χ0v) is 6.41. The van der Waals surface area contributed by atoms with Crippen molar-refractivity contribution in [3.63, 3.8) is 0 Å². The highest BCUT2D eigenvalue weighted by atomic mass is 16.5. The highest BCUT2D eigenvalue weighted by molar-refractivity contribution is 5.70. The molecule has 1 aliphatic heterocycles. The van der Waals surface area contributed by atoms with Crippen LogP contribution in [0, 0.1) is 0 Å². The van der Waals surface area contributed by atoms with Gasteiger partial charge in [0.15, 0.2) is 0 Å². The highest BCUT2D eigenvalue weighted by Crippen LogP contribution is 2.01. The van der Waals surface area contributed by atoms with Gasteiger partial charge in [0.1, 0.15) is 0 Å². The zero-order chi connectivity index (χ0) is 8.53. The van der Waals surface area contributed by atoms with Crippen molar-refractivity contribution in [2.45, 2.75) is 12.8 Å². The molecule has 0 aromatic carbocycles. The summed E-state index contributed by atoms with van der Waals surface area (Å²) in [6.07, 6.45) is 4.17. The molecule has 3 nitrogen and oxygen atoms in total. The summed E-state index contributed by atoms with van der Waals surface area (Å²) in [7, 11) is 0. The van der Waals surface area contributed by atoms with E-state index in [2.05, 4.69) is 22.6 Å². The second kappa shape index (κ2) is 6.86. The second-order valence-corrected chi connectivity index (χ2v) is 1.79. The van der Waals surface area contributed by atoms with E-state index in [4.69, 9.17) is 0 Å². The Hall–Kier alpha value is -1.25.